The molecule has 0 aliphatic heterocycles. The van der Waals surface area contributed by atoms with Gasteiger partial charge in [0.2, 0.25) is 5.91 Å². The van der Waals surface area contributed by atoms with E-state index in [2.05, 4.69) is 19.2 Å². The smallest absolute Gasteiger partial charge is 0.220 e. The van der Waals surface area contributed by atoms with Gasteiger partial charge in [-0.25, -0.2) is 0 Å². The minimum Gasteiger partial charge on any atom is -0.494 e. The predicted molar refractivity (Wildman–Crippen MR) is 80.0 cm³/mol. The molecule has 0 saturated heterocycles. The Morgan fingerprint density at radius 1 is 1.35 bits per heavy atom. The molecule has 1 aromatic carbocycles. The number of benzene rings is 1. The molecule has 1 rings (SSSR count). The largest absolute Gasteiger partial charge is 0.494 e. The monoisotopic (exact) mass is 279 g/mol. The van der Waals surface area contributed by atoms with E-state index in [4.69, 9.17) is 9.84 Å². The van der Waals surface area contributed by atoms with E-state index in [-0.39, 0.29) is 12.0 Å². The molecule has 20 heavy (non-hydrogen) atoms. The third-order valence-corrected chi connectivity index (χ3v) is 3.18. The summed E-state index contributed by atoms with van der Waals surface area (Å²) >= 11 is 0. The quantitative estimate of drug-likeness (QED) is 0.718. The predicted octanol–water partition coefficient (Wildman–Crippen LogP) is 2.35. The number of aryl methyl sites for hydroxylation is 2. The SMILES string of the molecule is Cc1ccc(OCCCC(=O)NCCC(C)O)cc1C. The van der Waals surface area contributed by atoms with Crippen molar-refractivity contribution in [2.75, 3.05) is 13.2 Å². The maximum absolute atomic E-state index is 11.5. The molecule has 0 heterocycles. The van der Waals surface area contributed by atoms with Crippen LogP contribution in [0.25, 0.3) is 0 Å². The second-order valence-corrected chi connectivity index (χ2v) is 5.19. The summed E-state index contributed by atoms with van der Waals surface area (Å²) in [5.74, 6) is 0.858. The second-order valence-electron chi connectivity index (χ2n) is 5.19. The van der Waals surface area contributed by atoms with Crippen LogP contribution in [0.4, 0.5) is 0 Å². The summed E-state index contributed by atoms with van der Waals surface area (Å²) in [7, 11) is 0. The number of ether oxygens (including phenoxy) is 1. The molecule has 2 N–H and O–H groups in total. The van der Waals surface area contributed by atoms with Crippen LogP contribution in [-0.4, -0.2) is 30.3 Å². The zero-order valence-corrected chi connectivity index (χ0v) is 12.6. The Morgan fingerprint density at radius 2 is 2.10 bits per heavy atom. The van der Waals surface area contributed by atoms with Crippen LogP contribution in [0.1, 0.15) is 37.3 Å². The van der Waals surface area contributed by atoms with E-state index in [0.717, 1.165) is 5.75 Å². The summed E-state index contributed by atoms with van der Waals surface area (Å²) in [6.07, 6.45) is 1.35. The maximum atomic E-state index is 11.5. The Kier molecular flexibility index (Phi) is 7.09. The number of carbonyl (C=O) groups excluding carboxylic acids is 1. The molecule has 1 unspecified atom stereocenters. The standard InChI is InChI=1S/C16H25NO3/c1-12-6-7-15(11-13(12)2)20-10-4-5-16(19)17-9-8-14(3)18/h6-7,11,14,18H,4-5,8-10H2,1-3H3,(H,17,19). The lowest BCUT2D eigenvalue weighted by Crippen LogP contribution is -2.26. The van der Waals surface area contributed by atoms with Gasteiger partial charge in [0, 0.05) is 13.0 Å². The Bertz CT molecular complexity index is 430. The van der Waals surface area contributed by atoms with Gasteiger partial charge < -0.3 is 15.2 Å². The van der Waals surface area contributed by atoms with Crippen molar-refractivity contribution in [3.8, 4) is 5.75 Å². The number of amides is 1. The summed E-state index contributed by atoms with van der Waals surface area (Å²) in [5.41, 5.74) is 2.45. The molecule has 4 heteroatoms. The normalized spacial score (nSPS) is 12.0. The van der Waals surface area contributed by atoms with E-state index in [9.17, 15) is 4.79 Å². The summed E-state index contributed by atoms with van der Waals surface area (Å²) < 4.78 is 5.61. The van der Waals surface area contributed by atoms with Crippen molar-refractivity contribution >= 4 is 5.91 Å². The third-order valence-electron chi connectivity index (χ3n) is 3.18. The van der Waals surface area contributed by atoms with E-state index in [0.29, 0.717) is 32.4 Å². The van der Waals surface area contributed by atoms with Gasteiger partial charge in [0.15, 0.2) is 0 Å². The molecule has 0 aromatic heterocycles. The van der Waals surface area contributed by atoms with Crippen LogP contribution < -0.4 is 10.1 Å². The first-order valence-corrected chi connectivity index (χ1v) is 7.14. The van der Waals surface area contributed by atoms with Gasteiger partial charge in [-0.1, -0.05) is 6.07 Å². The van der Waals surface area contributed by atoms with Gasteiger partial charge in [0.25, 0.3) is 0 Å². The van der Waals surface area contributed by atoms with E-state index in [1.807, 2.05) is 18.2 Å². The molecular weight excluding hydrogens is 254 g/mol. The Hall–Kier alpha value is -1.55. The van der Waals surface area contributed by atoms with Crippen LogP contribution >= 0.6 is 0 Å². The van der Waals surface area contributed by atoms with Crippen LogP contribution in [-0.2, 0) is 4.79 Å². The van der Waals surface area contributed by atoms with Crippen LogP contribution in [0, 0.1) is 13.8 Å². The summed E-state index contributed by atoms with van der Waals surface area (Å²) in [5, 5.41) is 11.9. The van der Waals surface area contributed by atoms with Crippen LogP contribution in [0.15, 0.2) is 18.2 Å². The van der Waals surface area contributed by atoms with Crippen molar-refractivity contribution in [2.45, 2.75) is 46.1 Å². The molecule has 112 valence electrons. The van der Waals surface area contributed by atoms with Crippen LogP contribution in [0.3, 0.4) is 0 Å². The van der Waals surface area contributed by atoms with Crippen molar-refractivity contribution in [2.24, 2.45) is 0 Å². The Labute approximate surface area is 121 Å². The average molecular weight is 279 g/mol. The van der Waals surface area contributed by atoms with Crippen LogP contribution in [0.5, 0.6) is 5.75 Å². The number of aliphatic hydroxyl groups excluding tert-OH is 1. The van der Waals surface area contributed by atoms with Gasteiger partial charge in [0.05, 0.1) is 12.7 Å². The van der Waals surface area contributed by atoms with E-state index < -0.39 is 0 Å². The molecule has 0 fully saturated rings. The number of nitrogens with one attached hydrogen (secondary N) is 1. The number of carbonyl (C=O) groups is 1. The fourth-order valence-electron chi connectivity index (χ4n) is 1.74. The molecule has 1 atom stereocenters. The van der Waals surface area contributed by atoms with E-state index in [1.165, 1.54) is 11.1 Å². The van der Waals surface area contributed by atoms with Gasteiger partial charge in [-0.15, -0.1) is 0 Å². The zero-order chi connectivity index (χ0) is 15.0. The second kappa shape index (κ2) is 8.59. The molecule has 0 spiro atoms. The first-order valence-electron chi connectivity index (χ1n) is 7.14. The number of rotatable bonds is 8. The molecule has 4 nitrogen and oxygen atoms in total. The fraction of sp³-hybridized carbons (Fsp3) is 0.562. The van der Waals surface area contributed by atoms with E-state index >= 15 is 0 Å². The molecule has 1 amide bonds. The highest BCUT2D eigenvalue weighted by Gasteiger charge is 2.03. The lowest BCUT2D eigenvalue weighted by atomic mass is 10.1. The van der Waals surface area contributed by atoms with Crippen molar-refractivity contribution in [3.63, 3.8) is 0 Å². The minimum atomic E-state index is -0.372. The van der Waals surface area contributed by atoms with Gasteiger partial charge in [0.1, 0.15) is 5.75 Å². The van der Waals surface area contributed by atoms with Gasteiger partial charge in [-0.05, 0) is 56.9 Å². The van der Waals surface area contributed by atoms with Gasteiger partial charge in [-0.3, -0.25) is 4.79 Å². The molecular formula is C16H25NO3. The highest BCUT2D eigenvalue weighted by Crippen LogP contribution is 2.16. The molecule has 1 aromatic rings. The van der Waals surface area contributed by atoms with Crippen molar-refractivity contribution in [1.82, 2.24) is 5.32 Å². The number of aliphatic hydroxyl groups is 1. The van der Waals surface area contributed by atoms with Crippen molar-refractivity contribution in [3.05, 3.63) is 29.3 Å². The fourth-order valence-corrected chi connectivity index (χ4v) is 1.74. The highest BCUT2D eigenvalue weighted by atomic mass is 16.5. The van der Waals surface area contributed by atoms with E-state index in [1.54, 1.807) is 6.92 Å². The first-order chi connectivity index (χ1) is 9.49. The first kappa shape index (κ1) is 16.5. The lowest BCUT2D eigenvalue weighted by Gasteiger charge is -2.09. The summed E-state index contributed by atoms with van der Waals surface area (Å²) in [6.45, 7) is 6.89. The number of hydrogen-bond donors (Lipinski definition) is 2. The Morgan fingerprint density at radius 3 is 2.75 bits per heavy atom. The highest BCUT2D eigenvalue weighted by molar-refractivity contribution is 5.75. The molecule has 0 aliphatic carbocycles. The molecule has 0 aliphatic rings. The van der Waals surface area contributed by atoms with Crippen molar-refractivity contribution in [1.29, 1.82) is 0 Å². The Balaban J connectivity index is 2.15. The lowest BCUT2D eigenvalue weighted by molar-refractivity contribution is -0.121. The third kappa shape index (κ3) is 6.57. The zero-order valence-electron chi connectivity index (χ0n) is 12.6. The van der Waals surface area contributed by atoms with Gasteiger partial charge in [-0.2, -0.15) is 0 Å². The molecule has 0 bridgehead atoms. The van der Waals surface area contributed by atoms with Crippen molar-refractivity contribution < 1.29 is 14.6 Å². The summed E-state index contributed by atoms with van der Waals surface area (Å²) in [4.78, 5) is 11.5. The maximum Gasteiger partial charge on any atom is 0.220 e. The average Bonchev–Trinajstić information content (AvgIpc) is 2.38. The molecule has 0 radical (unpaired) electrons. The summed E-state index contributed by atoms with van der Waals surface area (Å²) in [6, 6.07) is 6.00. The molecule has 0 saturated carbocycles. The number of hydrogen-bond acceptors (Lipinski definition) is 3. The van der Waals surface area contributed by atoms with Gasteiger partial charge >= 0.3 is 0 Å². The van der Waals surface area contributed by atoms with Crippen LogP contribution in [0.2, 0.25) is 0 Å². The minimum absolute atomic E-state index is 0.00865. The topological polar surface area (TPSA) is 58.6 Å².